The van der Waals surface area contributed by atoms with Crippen molar-refractivity contribution in [2.75, 3.05) is 13.7 Å². The van der Waals surface area contributed by atoms with E-state index in [1.807, 2.05) is 0 Å². The normalized spacial score (nSPS) is 14.5. The van der Waals surface area contributed by atoms with Crippen molar-refractivity contribution in [1.29, 1.82) is 0 Å². The van der Waals surface area contributed by atoms with Gasteiger partial charge in [-0.1, -0.05) is 13.8 Å². The molecule has 1 aromatic heterocycles. The topological polar surface area (TPSA) is 47.0 Å². The van der Waals surface area contributed by atoms with Gasteiger partial charge < -0.3 is 10.1 Å². The number of methoxy groups -OCH3 is 1. The minimum absolute atomic E-state index is 0.456. The molecule has 2 heterocycles. The van der Waals surface area contributed by atoms with Crippen LogP contribution in [0, 0.1) is 0 Å². The van der Waals surface area contributed by atoms with Crippen LogP contribution in [0.2, 0.25) is 0 Å². The molecule has 4 heteroatoms. The van der Waals surface area contributed by atoms with Crippen molar-refractivity contribution >= 4 is 0 Å². The molecule has 0 aliphatic carbocycles. The first-order chi connectivity index (χ1) is 7.72. The second-order valence-corrected chi connectivity index (χ2v) is 4.45. The molecule has 0 spiro atoms. The molecule has 0 radical (unpaired) electrons. The number of aromatic nitrogens is 2. The minimum Gasteiger partial charge on any atom is -0.384 e. The quantitative estimate of drug-likeness (QED) is 0.834. The van der Waals surface area contributed by atoms with Gasteiger partial charge in [0.25, 0.3) is 0 Å². The first-order valence-electron chi connectivity index (χ1n) is 5.80. The number of fused-ring (bicyclic) bond motifs is 1. The maximum atomic E-state index is 5.07. The number of rotatable bonds is 4. The molecule has 16 heavy (non-hydrogen) atoms. The SMILES string of the molecule is COCCc1nc2c(c(C(C)C)n1)CNC2. The Morgan fingerprint density at radius 2 is 2.12 bits per heavy atom. The highest BCUT2D eigenvalue weighted by atomic mass is 16.5. The van der Waals surface area contributed by atoms with Gasteiger partial charge in [0, 0.05) is 32.2 Å². The van der Waals surface area contributed by atoms with Crippen LogP contribution in [-0.2, 0) is 24.2 Å². The highest BCUT2D eigenvalue weighted by molar-refractivity contribution is 5.31. The Morgan fingerprint density at radius 3 is 2.81 bits per heavy atom. The summed E-state index contributed by atoms with van der Waals surface area (Å²) in [5.41, 5.74) is 3.67. The zero-order valence-electron chi connectivity index (χ0n) is 10.2. The Balaban J connectivity index is 2.32. The Kier molecular flexibility index (Phi) is 3.51. The van der Waals surface area contributed by atoms with Gasteiger partial charge in [0.15, 0.2) is 0 Å². The predicted octanol–water partition coefficient (Wildman–Crippen LogP) is 1.39. The molecule has 0 amide bonds. The molecular weight excluding hydrogens is 202 g/mol. The molecule has 0 saturated heterocycles. The summed E-state index contributed by atoms with van der Waals surface area (Å²) >= 11 is 0. The zero-order chi connectivity index (χ0) is 11.5. The lowest BCUT2D eigenvalue weighted by Gasteiger charge is -2.12. The van der Waals surface area contributed by atoms with Gasteiger partial charge >= 0.3 is 0 Å². The second kappa shape index (κ2) is 4.89. The van der Waals surface area contributed by atoms with E-state index in [9.17, 15) is 0 Å². The van der Waals surface area contributed by atoms with Crippen LogP contribution in [0.4, 0.5) is 0 Å². The molecule has 0 atom stereocenters. The highest BCUT2D eigenvalue weighted by Gasteiger charge is 2.20. The van der Waals surface area contributed by atoms with Crippen LogP contribution < -0.4 is 5.32 Å². The summed E-state index contributed by atoms with van der Waals surface area (Å²) in [5.74, 6) is 1.37. The van der Waals surface area contributed by atoms with Crippen molar-refractivity contribution in [2.45, 2.75) is 39.3 Å². The van der Waals surface area contributed by atoms with E-state index in [4.69, 9.17) is 4.74 Å². The van der Waals surface area contributed by atoms with Gasteiger partial charge in [-0.2, -0.15) is 0 Å². The Bertz CT molecular complexity index is 377. The third kappa shape index (κ3) is 2.23. The van der Waals surface area contributed by atoms with Crippen LogP contribution in [-0.4, -0.2) is 23.7 Å². The molecule has 88 valence electrons. The van der Waals surface area contributed by atoms with Crippen LogP contribution >= 0.6 is 0 Å². The summed E-state index contributed by atoms with van der Waals surface area (Å²) < 4.78 is 5.07. The van der Waals surface area contributed by atoms with Gasteiger partial charge in [-0.05, 0) is 5.92 Å². The van der Waals surface area contributed by atoms with Crippen LogP contribution in [0.3, 0.4) is 0 Å². The largest absolute Gasteiger partial charge is 0.384 e. The minimum atomic E-state index is 0.456. The molecule has 0 bridgehead atoms. The molecule has 0 unspecified atom stereocenters. The number of nitrogens with one attached hydrogen (secondary N) is 1. The first-order valence-corrected chi connectivity index (χ1v) is 5.80. The molecule has 0 aromatic carbocycles. The highest BCUT2D eigenvalue weighted by Crippen LogP contribution is 2.23. The zero-order valence-corrected chi connectivity index (χ0v) is 10.2. The standard InChI is InChI=1S/C12H19N3O/c1-8(2)12-9-6-13-7-10(9)14-11(15-12)4-5-16-3/h8,13H,4-7H2,1-3H3. The molecule has 0 fully saturated rings. The lowest BCUT2D eigenvalue weighted by atomic mass is 10.0. The van der Waals surface area contributed by atoms with Gasteiger partial charge in [-0.15, -0.1) is 0 Å². The average molecular weight is 221 g/mol. The Morgan fingerprint density at radius 1 is 1.31 bits per heavy atom. The molecule has 1 aliphatic heterocycles. The van der Waals surface area contributed by atoms with Crippen molar-refractivity contribution in [3.05, 3.63) is 22.8 Å². The van der Waals surface area contributed by atoms with E-state index < -0.39 is 0 Å². The molecule has 4 nitrogen and oxygen atoms in total. The maximum absolute atomic E-state index is 5.07. The fourth-order valence-corrected chi connectivity index (χ4v) is 2.03. The molecule has 1 N–H and O–H groups in total. The fourth-order valence-electron chi connectivity index (χ4n) is 2.03. The van der Waals surface area contributed by atoms with Gasteiger partial charge in [0.2, 0.25) is 0 Å². The monoisotopic (exact) mass is 221 g/mol. The van der Waals surface area contributed by atoms with E-state index in [0.29, 0.717) is 12.5 Å². The molecule has 1 aliphatic rings. The molecule has 0 saturated carbocycles. The summed E-state index contributed by atoms with van der Waals surface area (Å²) in [6.07, 6.45) is 0.795. The smallest absolute Gasteiger partial charge is 0.131 e. The van der Waals surface area contributed by atoms with Crippen LogP contribution in [0.5, 0.6) is 0 Å². The average Bonchev–Trinajstić information content (AvgIpc) is 2.72. The summed E-state index contributed by atoms with van der Waals surface area (Å²) in [4.78, 5) is 9.23. The fraction of sp³-hybridized carbons (Fsp3) is 0.667. The summed E-state index contributed by atoms with van der Waals surface area (Å²) in [6.45, 7) is 6.83. The molecule has 2 rings (SSSR count). The predicted molar refractivity (Wildman–Crippen MR) is 62.2 cm³/mol. The number of hydrogen-bond donors (Lipinski definition) is 1. The first kappa shape index (κ1) is 11.5. The van der Waals surface area contributed by atoms with Gasteiger partial charge in [0.05, 0.1) is 18.0 Å². The lowest BCUT2D eigenvalue weighted by molar-refractivity contribution is 0.200. The van der Waals surface area contributed by atoms with Crippen molar-refractivity contribution in [2.24, 2.45) is 0 Å². The van der Waals surface area contributed by atoms with E-state index in [2.05, 4.69) is 29.1 Å². The Labute approximate surface area is 96.4 Å². The van der Waals surface area contributed by atoms with Crippen LogP contribution in [0.25, 0.3) is 0 Å². The van der Waals surface area contributed by atoms with Crippen LogP contribution in [0.1, 0.15) is 42.5 Å². The molecule has 1 aromatic rings. The maximum Gasteiger partial charge on any atom is 0.131 e. The van der Waals surface area contributed by atoms with E-state index in [-0.39, 0.29) is 0 Å². The van der Waals surface area contributed by atoms with Gasteiger partial charge in [-0.25, -0.2) is 9.97 Å². The van der Waals surface area contributed by atoms with Crippen LogP contribution in [0.15, 0.2) is 0 Å². The van der Waals surface area contributed by atoms with Gasteiger partial charge in [-0.3, -0.25) is 0 Å². The van der Waals surface area contributed by atoms with Crippen molar-refractivity contribution in [3.63, 3.8) is 0 Å². The number of hydrogen-bond acceptors (Lipinski definition) is 4. The molecular formula is C12H19N3O. The Hall–Kier alpha value is -1.00. The number of ether oxygens (including phenoxy) is 1. The van der Waals surface area contributed by atoms with E-state index in [1.165, 1.54) is 17.0 Å². The van der Waals surface area contributed by atoms with Crippen molar-refractivity contribution < 1.29 is 4.74 Å². The van der Waals surface area contributed by atoms with Crippen molar-refractivity contribution in [3.8, 4) is 0 Å². The van der Waals surface area contributed by atoms with E-state index >= 15 is 0 Å². The van der Waals surface area contributed by atoms with Gasteiger partial charge in [0.1, 0.15) is 5.82 Å². The summed E-state index contributed by atoms with van der Waals surface area (Å²) in [5, 5.41) is 3.33. The third-order valence-electron chi connectivity index (χ3n) is 2.84. The number of nitrogens with zero attached hydrogens (tertiary/aromatic N) is 2. The lowest BCUT2D eigenvalue weighted by Crippen LogP contribution is -2.09. The third-order valence-corrected chi connectivity index (χ3v) is 2.84. The summed E-state index contributed by atoms with van der Waals surface area (Å²) in [6, 6.07) is 0. The van der Waals surface area contributed by atoms with Crippen molar-refractivity contribution in [1.82, 2.24) is 15.3 Å². The second-order valence-electron chi connectivity index (χ2n) is 4.45. The van der Waals surface area contributed by atoms with E-state index in [0.717, 1.165) is 25.3 Å². The summed E-state index contributed by atoms with van der Waals surface area (Å²) in [7, 11) is 1.71. The van der Waals surface area contributed by atoms with E-state index in [1.54, 1.807) is 7.11 Å².